The number of carboxylic acids is 1. The van der Waals surface area contributed by atoms with Gasteiger partial charge >= 0.3 is 5.97 Å². The Morgan fingerprint density at radius 3 is 2.69 bits per heavy atom. The second-order valence-corrected chi connectivity index (χ2v) is 7.14. The van der Waals surface area contributed by atoms with E-state index in [2.05, 4.69) is 10.3 Å². The molecule has 0 aliphatic rings. The van der Waals surface area contributed by atoms with E-state index in [0.29, 0.717) is 23.7 Å². The van der Waals surface area contributed by atoms with E-state index in [1.54, 1.807) is 29.7 Å². The van der Waals surface area contributed by atoms with E-state index in [0.717, 1.165) is 16.1 Å². The van der Waals surface area contributed by atoms with Crippen molar-refractivity contribution < 1.29 is 14.3 Å². The minimum absolute atomic E-state index is 0.0487. The SMILES string of the molecule is O=C(O)/C(=C\c1ccco1)Nc1ncc(-c2cccs2)nc1Cc1ccccc1. The first-order valence-electron chi connectivity index (χ1n) is 8.88. The van der Waals surface area contributed by atoms with Gasteiger partial charge in [-0.2, -0.15) is 0 Å². The summed E-state index contributed by atoms with van der Waals surface area (Å²) in [6.07, 6.45) is 5.07. The monoisotopic (exact) mass is 403 g/mol. The highest BCUT2D eigenvalue weighted by Gasteiger charge is 2.15. The van der Waals surface area contributed by atoms with Crippen LogP contribution in [0.2, 0.25) is 0 Å². The van der Waals surface area contributed by atoms with E-state index < -0.39 is 5.97 Å². The van der Waals surface area contributed by atoms with Gasteiger partial charge in [-0.05, 0) is 29.1 Å². The molecule has 7 heteroatoms. The van der Waals surface area contributed by atoms with Crippen LogP contribution >= 0.6 is 11.3 Å². The van der Waals surface area contributed by atoms with Crippen molar-refractivity contribution in [3.63, 3.8) is 0 Å². The maximum Gasteiger partial charge on any atom is 0.352 e. The van der Waals surface area contributed by atoms with Gasteiger partial charge in [-0.15, -0.1) is 11.3 Å². The molecule has 0 fully saturated rings. The Morgan fingerprint density at radius 1 is 1.14 bits per heavy atom. The number of nitrogens with zero attached hydrogens (tertiary/aromatic N) is 2. The molecule has 0 bridgehead atoms. The summed E-state index contributed by atoms with van der Waals surface area (Å²) in [6, 6.07) is 17.2. The molecule has 0 unspecified atom stereocenters. The number of furan rings is 1. The normalized spacial score (nSPS) is 11.4. The average Bonchev–Trinajstić information content (AvgIpc) is 3.43. The molecule has 0 aliphatic carbocycles. The summed E-state index contributed by atoms with van der Waals surface area (Å²) in [6.45, 7) is 0. The van der Waals surface area contributed by atoms with Crippen molar-refractivity contribution in [3.05, 3.63) is 95.2 Å². The van der Waals surface area contributed by atoms with Crippen LogP contribution in [0.3, 0.4) is 0 Å². The van der Waals surface area contributed by atoms with Crippen LogP contribution < -0.4 is 5.32 Å². The minimum atomic E-state index is -1.11. The standard InChI is InChI=1S/C22H17N3O3S/c26-22(27)18(13-16-8-4-10-28-16)25-21-17(12-15-6-2-1-3-7-15)24-19(14-23-21)20-9-5-11-29-20/h1-11,13-14H,12H2,(H,23,25)(H,26,27)/b18-13+. The zero-order valence-electron chi connectivity index (χ0n) is 15.3. The van der Waals surface area contributed by atoms with Gasteiger partial charge in [0.25, 0.3) is 0 Å². The molecule has 0 atom stereocenters. The van der Waals surface area contributed by atoms with Gasteiger partial charge in [0.1, 0.15) is 11.5 Å². The number of aromatic nitrogens is 2. The molecule has 0 saturated carbocycles. The molecule has 0 amide bonds. The molecule has 4 aromatic rings. The summed E-state index contributed by atoms with van der Waals surface area (Å²) < 4.78 is 5.23. The third-order valence-corrected chi connectivity index (χ3v) is 5.04. The van der Waals surface area contributed by atoms with Crippen LogP contribution in [0.4, 0.5) is 5.82 Å². The number of nitrogens with one attached hydrogen (secondary N) is 1. The Labute approximate surface area is 171 Å². The summed E-state index contributed by atoms with van der Waals surface area (Å²) in [5.74, 6) is -0.284. The Morgan fingerprint density at radius 2 is 2.00 bits per heavy atom. The summed E-state index contributed by atoms with van der Waals surface area (Å²) in [4.78, 5) is 22.0. The molecule has 4 rings (SSSR count). The molecule has 3 aromatic heterocycles. The Hall–Kier alpha value is -3.71. The third-order valence-electron chi connectivity index (χ3n) is 4.15. The van der Waals surface area contributed by atoms with E-state index >= 15 is 0 Å². The Bertz CT molecular complexity index is 1120. The smallest absolute Gasteiger partial charge is 0.352 e. The van der Waals surface area contributed by atoms with Crippen LogP contribution in [-0.2, 0) is 11.2 Å². The topological polar surface area (TPSA) is 88.2 Å². The van der Waals surface area contributed by atoms with Crippen molar-refractivity contribution in [2.24, 2.45) is 0 Å². The lowest BCUT2D eigenvalue weighted by molar-refractivity contribution is -0.132. The van der Waals surface area contributed by atoms with Gasteiger partial charge in [0.05, 0.1) is 28.7 Å². The largest absolute Gasteiger partial charge is 0.477 e. The predicted octanol–water partition coefficient (Wildman–Crippen LogP) is 4.93. The van der Waals surface area contributed by atoms with Gasteiger partial charge in [0, 0.05) is 12.5 Å². The molecular formula is C22H17N3O3S. The van der Waals surface area contributed by atoms with Crippen LogP contribution in [0.1, 0.15) is 17.0 Å². The van der Waals surface area contributed by atoms with E-state index in [1.165, 1.54) is 12.3 Å². The molecular weight excluding hydrogens is 386 g/mol. The highest BCUT2D eigenvalue weighted by atomic mass is 32.1. The molecule has 2 N–H and O–H groups in total. The van der Waals surface area contributed by atoms with Crippen molar-refractivity contribution in [1.82, 2.24) is 9.97 Å². The quantitative estimate of drug-likeness (QED) is 0.426. The summed E-state index contributed by atoms with van der Waals surface area (Å²) >= 11 is 1.58. The van der Waals surface area contributed by atoms with Gasteiger partial charge < -0.3 is 14.8 Å². The lowest BCUT2D eigenvalue weighted by atomic mass is 10.1. The molecule has 1 aromatic carbocycles. The second kappa shape index (κ2) is 8.53. The lowest BCUT2D eigenvalue weighted by Crippen LogP contribution is -2.14. The zero-order chi connectivity index (χ0) is 20.1. The number of aliphatic carboxylic acids is 1. The van der Waals surface area contributed by atoms with E-state index in [9.17, 15) is 9.90 Å². The molecule has 0 radical (unpaired) electrons. The molecule has 6 nitrogen and oxygen atoms in total. The fourth-order valence-electron chi connectivity index (χ4n) is 2.78. The number of thiophene rings is 1. The number of carboxylic acid groups (broad SMARTS) is 1. The average molecular weight is 403 g/mol. The number of hydrogen-bond donors (Lipinski definition) is 2. The van der Waals surface area contributed by atoms with Crippen molar-refractivity contribution in [2.75, 3.05) is 5.32 Å². The minimum Gasteiger partial charge on any atom is -0.477 e. The number of benzene rings is 1. The molecule has 0 spiro atoms. The molecule has 0 saturated heterocycles. The summed E-state index contributed by atoms with van der Waals surface area (Å²) in [5.41, 5.74) is 2.42. The fraction of sp³-hybridized carbons (Fsp3) is 0.0455. The van der Waals surface area contributed by atoms with Gasteiger partial charge in [0.2, 0.25) is 0 Å². The number of carbonyl (C=O) groups is 1. The summed E-state index contributed by atoms with van der Waals surface area (Å²) in [7, 11) is 0. The van der Waals surface area contributed by atoms with Gasteiger partial charge in [0.15, 0.2) is 5.82 Å². The first-order valence-corrected chi connectivity index (χ1v) is 9.76. The number of rotatable bonds is 7. The van der Waals surface area contributed by atoms with E-state index in [-0.39, 0.29) is 5.70 Å². The number of hydrogen-bond acceptors (Lipinski definition) is 6. The molecule has 29 heavy (non-hydrogen) atoms. The van der Waals surface area contributed by atoms with Gasteiger partial charge in [-0.25, -0.2) is 14.8 Å². The first kappa shape index (κ1) is 18.6. The number of anilines is 1. The lowest BCUT2D eigenvalue weighted by Gasteiger charge is -2.12. The predicted molar refractivity (Wildman–Crippen MR) is 113 cm³/mol. The maximum absolute atomic E-state index is 11.7. The van der Waals surface area contributed by atoms with Gasteiger partial charge in [-0.1, -0.05) is 36.4 Å². The van der Waals surface area contributed by atoms with Crippen LogP contribution in [0.5, 0.6) is 0 Å². The van der Waals surface area contributed by atoms with Crippen LogP contribution in [0.15, 0.2) is 82.6 Å². The van der Waals surface area contributed by atoms with E-state index in [4.69, 9.17) is 9.40 Å². The summed E-state index contributed by atoms with van der Waals surface area (Å²) in [5, 5.41) is 14.5. The third kappa shape index (κ3) is 4.59. The Balaban J connectivity index is 1.72. The van der Waals surface area contributed by atoms with Crippen LogP contribution in [0, 0.1) is 0 Å². The van der Waals surface area contributed by atoms with Crippen molar-refractivity contribution >= 4 is 29.2 Å². The Kier molecular flexibility index (Phi) is 5.49. The van der Waals surface area contributed by atoms with Crippen molar-refractivity contribution in [2.45, 2.75) is 6.42 Å². The zero-order valence-corrected chi connectivity index (χ0v) is 16.1. The van der Waals surface area contributed by atoms with E-state index in [1.807, 2.05) is 47.8 Å². The van der Waals surface area contributed by atoms with Crippen molar-refractivity contribution in [3.8, 4) is 10.6 Å². The highest BCUT2D eigenvalue weighted by molar-refractivity contribution is 7.13. The van der Waals surface area contributed by atoms with Gasteiger partial charge in [-0.3, -0.25) is 0 Å². The van der Waals surface area contributed by atoms with Crippen molar-refractivity contribution in [1.29, 1.82) is 0 Å². The maximum atomic E-state index is 11.7. The molecule has 0 aliphatic heterocycles. The highest BCUT2D eigenvalue weighted by Crippen LogP contribution is 2.26. The first-order chi connectivity index (χ1) is 14.2. The fourth-order valence-corrected chi connectivity index (χ4v) is 3.46. The molecule has 3 heterocycles. The van der Waals surface area contributed by atoms with Crippen LogP contribution in [-0.4, -0.2) is 21.0 Å². The molecule has 144 valence electrons. The van der Waals surface area contributed by atoms with Crippen LogP contribution in [0.25, 0.3) is 16.6 Å². The second-order valence-electron chi connectivity index (χ2n) is 6.19.